The molecule has 0 aromatic heterocycles. The predicted octanol–water partition coefficient (Wildman–Crippen LogP) is 3.89. The summed E-state index contributed by atoms with van der Waals surface area (Å²) in [5.41, 5.74) is 1.10. The average molecular weight is 386 g/mol. The van der Waals surface area contributed by atoms with Gasteiger partial charge in [0, 0.05) is 11.0 Å². The van der Waals surface area contributed by atoms with Crippen molar-refractivity contribution < 1.29 is 4.39 Å². The van der Waals surface area contributed by atoms with E-state index < -0.39 is 0 Å². The Morgan fingerprint density at radius 3 is 2.80 bits per heavy atom. The van der Waals surface area contributed by atoms with Crippen molar-refractivity contribution >= 4 is 38.5 Å². The summed E-state index contributed by atoms with van der Waals surface area (Å²) in [6, 6.07) is 4.80. The highest BCUT2D eigenvalue weighted by atomic mass is 127. The zero-order valence-electron chi connectivity index (χ0n) is 8.40. The SMILES string of the molecule is Fc1ccc(CNCCCCI)c(Br)c1. The first-order chi connectivity index (χ1) is 7.24. The molecule has 0 spiro atoms. The minimum absolute atomic E-state index is 0.199. The van der Waals surface area contributed by atoms with Crippen LogP contribution in [-0.2, 0) is 6.54 Å². The third-order valence-electron chi connectivity index (χ3n) is 2.07. The van der Waals surface area contributed by atoms with E-state index in [1.165, 1.54) is 29.4 Å². The third-order valence-corrected chi connectivity index (χ3v) is 3.57. The maximum absolute atomic E-state index is 12.8. The summed E-state index contributed by atoms with van der Waals surface area (Å²) in [4.78, 5) is 0. The fraction of sp³-hybridized carbons (Fsp3) is 0.455. The van der Waals surface area contributed by atoms with Gasteiger partial charge >= 0.3 is 0 Å². The maximum atomic E-state index is 12.8. The highest BCUT2D eigenvalue weighted by Gasteiger charge is 2.00. The number of rotatable bonds is 6. The molecular formula is C11H14BrFIN. The number of alkyl halides is 1. The van der Waals surface area contributed by atoms with Crippen molar-refractivity contribution in [2.24, 2.45) is 0 Å². The van der Waals surface area contributed by atoms with Crippen molar-refractivity contribution in [1.29, 1.82) is 0 Å². The molecule has 84 valence electrons. The van der Waals surface area contributed by atoms with Gasteiger partial charge in [0.05, 0.1) is 0 Å². The van der Waals surface area contributed by atoms with Crippen molar-refractivity contribution in [2.45, 2.75) is 19.4 Å². The smallest absolute Gasteiger partial charge is 0.124 e. The zero-order valence-corrected chi connectivity index (χ0v) is 12.1. The van der Waals surface area contributed by atoms with E-state index >= 15 is 0 Å². The summed E-state index contributed by atoms with van der Waals surface area (Å²) in [5, 5.41) is 3.34. The van der Waals surface area contributed by atoms with E-state index in [0.29, 0.717) is 0 Å². The summed E-state index contributed by atoms with van der Waals surface area (Å²) in [6.07, 6.45) is 2.44. The van der Waals surface area contributed by atoms with Crippen molar-refractivity contribution in [2.75, 3.05) is 11.0 Å². The van der Waals surface area contributed by atoms with E-state index in [0.717, 1.165) is 23.1 Å². The first-order valence-corrected chi connectivity index (χ1v) is 7.26. The molecule has 0 aliphatic carbocycles. The fourth-order valence-electron chi connectivity index (χ4n) is 1.23. The van der Waals surface area contributed by atoms with Crippen LogP contribution in [0.1, 0.15) is 18.4 Å². The molecule has 1 aromatic rings. The normalized spacial score (nSPS) is 10.6. The lowest BCUT2D eigenvalue weighted by Crippen LogP contribution is -2.15. The number of hydrogen-bond acceptors (Lipinski definition) is 1. The number of nitrogens with one attached hydrogen (secondary N) is 1. The number of hydrogen-bond donors (Lipinski definition) is 1. The van der Waals surface area contributed by atoms with Gasteiger partial charge in [0.25, 0.3) is 0 Å². The molecule has 0 aliphatic heterocycles. The maximum Gasteiger partial charge on any atom is 0.124 e. The molecule has 0 bridgehead atoms. The summed E-state index contributed by atoms with van der Waals surface area (Å²) in [7, 11) is 0. The van der Waals surface area contributed by atoms with E-state index in [9.17, 15) is 4.39 Å². The minimum Gasteiger partial charge on any atom is -0.313 e. The van der Waals surface area contributed by atoms with E-state index in [1.807, 2.05) is 6.07 Å². The summed E-state index contributed by atoms with van der Waals surface area (Å²) >= 11 is 5.73. The lowest BCUT2D eigenvalue weighted by molar-refractivity contribution is 0.620. The topological polar surface area (TPSA) is 12.0 Å². The van der Waals surface area contributed by atoms with Crippen LogP contribution in [0.15, 0.2) is 22.7 Å². The highest BCUT2D eigenvalue weighted by molar-refractivity contribution is 14.1. The molecule has 4 heteroatoms. The number of unbranched alkanes of at least 4 members (excludes halogenated alkanes) is 1. The molecule has 0 fully saturated rings. The zero-order chi connectivity index (χ0) is 11.1. The van der Waals surface area contributed by atoms with Crippen LogP contribution < -0.4 is 5.32 Å². The molecule has 0 saturated carbocycles. The number of benzene rings is 1. The van der Waals surface area contributed by atoms with Gasteiger partial charge in [-0.2, -0.15) is 0 Å². The summed E-state index contributed by atoms with van der Waals surface area (Å²) < 4.78 is 14.8. The van der Waals surface area contributed by atoms with E-state index in [-0.39, 0.29) is 5.82 Å². The van der Waals surface area contributed by atoms with Gasteiger partial charge in [-0.25, -0.2) is 4.39 Å². The van der Waals surface area contributed by atoms with Crippen molar-refractivity contribution in [3.8, 4) is 0 Å². The second-order valence-electron chi connectivity index (χ2n) is 3.31. The van der Waals surface area contributed by atoms with Gasteiger partial charge in [-0.3, -0.25) is 0 Å². The minimum atomic E-state index is -0.199. The monoisotopic (exact) mass is 385 g/mol. The number of halogens is 3. The molecule has 0 aliphatic rings. The van der Waals surface area contributed by atoms with Crippen LogP contribution in [0.5, 0.6) is 0 Å². The Morgan fingerprint density at radius 1 is 1.33 bits per heavy atom. The van der Waals surface area contributed by atoms with E-state index in [2.05, 4.69) is 43.8 Å². The Kier molecular flexibility index (Phi) is 6.76. The molecule has 1 nitrogen and oxygen atoms in total. The van der Waals surface area contributed by atoms with Gasteiger partial charge in [0.1, 0.15) is 5.82 Å². The van der Waals surface area contributed by atoms with Crippen molar-refractivity contribution in [3.63, 3.8) is 0 Å². The Balaban J connectivity index is 2.31. The molecule has 0 atom stereocenters. The van der Waals surface area contributed by atoms with Gasteiger partial charge in [-0.05, 0) is 41.5 Å². The molecule has 1 rings (SSSR count). The largest absolute Gasteiger partial charge is 0.313 e. The van der Waals surface area contributed by atoms with Gasteiger partial charge in [-0.15, -0.1) is 0 Å². The molecule has 0 saturated heterocycles. The first kappa shape index (κ1) is 13.4. The lowest BCUT2D eigenvalue weighted by Gasteiger charge is -2.06. The van der Waals surface area contributed by atoms with Crippen LogP contribution in [0.25, 0.3) is 0 Å². The van der Waals surface area contributed by atoms with Gasteiger partial charge in [0.15, 0.2) is 0 Å². The van der Waals surface area contributed by atoms with Gasteiger partial charge < -0.3 is 5.32 Å². The van der Waals surface area contributed by atoms with Crippen LogP contribution in [0.2, 0.25) is 0 Å². The molecule has 1 N–H and O–H groups in total. The van der Waals surface area contributed by atoms with E-state index in [4.69, 9.17) is 0 Å². The molecule has 0 heterocycles. The molecule has 0 radical (unpaired) electrons. The Hall–Kier alpha value is 0.320. The molecule has 0 unspecified atom stereocenters. The highest BCUT2D eigenvalue weighted by Crippen LogP contribution is 2.17. The van der Waals surface area contributed by atoms with Crippen LogP contribution in [0.4, 0.5) is 4.39 Å². The third kappa shape index (κ3) is 5.26. The average Bonchev–Trinajstić information content (AvgIpc) is 2.20. The van der Waals surface area contributed by atoms with Crippen LogP contribution in [0.3, 0.4) is 0 Å². The molecule has 0 amide bonds. The standard InChI is InChI=1S/C11H14BrFIN/c12-11-7-10(13)4-3-9(11)8-15-6-2-1-5-14/h3-4,7,15H,1-2,5-6,8H2. The summed E-state index contributed by atoms with van der Waals surface area (Å²) in [6.45, 7) is 1.81. The molecular weight excluding hydrogens is 372 g/mol. The van der Waals surface area contributed by atoms with Crippen LogP contribution >= 0.6 is 38.5 Å². The van der Waals surface area contributed by atoms with E-state index in [1.54, 1.807) is 0 Å². The van der Waals surface area contributed by atoms with Crippen molar-refractivity contribution in [1.82, 2.24) is 5.32 Å². The Morgan fingerprint density at radius 2 is 2.13 bits per heavy atom. The van der Waals surface area contributed by atoms with Crippen LogP contribution in [-0.4, -0.2) is 11.0 Å². The Labute approximate surface area is 112 Å². The van der Waals surface area contributed by atoms with Crippen molar-refractivity contribution in [3.05, 3.63) is 34.1 Å². The van der Waals surface area contributed by atoms with Crippen LogP contribution in [0, 0.1) is 5.82 Å². The molecule has 1 aromatic carbocycles. The van der Waals surface area contributed by atoms with Gasteiger partial charge in [-0.1, -0.05) is 44.6 Å². The van der Waals surface area contributed by atoms with Gasteiger partial charge in [0.2, 0.25) is 0 Å². The molecule has 15 heavy (non-hydrogen) atoms. The Bertz CT molecular complexity index is 307. The second-order valence-corrected chi connectivity index (χ2v) is 5.24. The quantitative estimate of drug-likeness (QED) is 0.445. The summed E-state index contributed by atoms with van der Waals surface area (Å²) in [5.74, 6) is -0.199. The predicted molar refractivity (Wildman–Crippen MR) is 73.9 cm³/mol. The second kappa shape index (κ2) is 7.57. The first-order valence-electron chi connectivity index (χ1n) is 4.94. The fourth-order valence-corrected chi connectivity index (χ4v) is 2.26. The lowest BCUT2D eigenvalue weighted by atomic mass is 10.2.